The molecule has 3 aromatic heterocycles. The Bertz CT molecular complexity index is 1390. The summed E-state index contributed by atoms with van der Waals surface area (Å²) in [6.45, 7) is 0. The quantitative estimate of drug-likeness (QED) is 0.213. The maximum absolute atomic E-state index is 12.6. The highest BCUT2D eigenvalue weighted by atomic mass is 35.5. The van der Waals surface area contributed by atoms with Crippen LogP contribution in [-0.4, -0.2) is 31.3 Å². The second-order valence-corrected chi connectivity index (χ2v) is 9.78. The molecule has 1 N–H and O–H groups in total. The number of aromatic amines is 1. The summed E-state index contributed by atoms with van der Waals surface area (Å²) >= 11 is 14.7. The molecule has 0 aliphatic rings. The smallest absolute Gasteiger partial charge is 0.196 e. The Hall–Kier alpha value is -2.58. The van der Waals surface area contributed by atoms with Crippen molar-refractivity contribution in [3.05, 3.63) is 81.1 Å². The molecule has 0 amide bonds. The summed E-state index contributed by atoms with van der Waals surface area (Å²) in [7, 11) is 0. The molecule has 154 valence electrons. The van der Waals surface area contributed by atoms with E-state index in [1.54, 1.807) is 12.1 Å². The van der Waals surface area contributed by atoms with Crippen molar-refractivity contribution in [2.24, 2.45) is 0 Å². The van der Waals surface area contributed by atoms with E-state index in [9.17, 15) is 4.79 Å². The molecule has 0 aliphatic heterocycles. The third-order valence-electron chi connectivity index (χ3n) is 4.73. The molecule has 0 saturated carbocycles. The van der Waals surface area contributed by atoms with Gasteiger partial charge in [-0.2, -0.15) is 0 Å². The number of hydrogen-bond donors (Lipinski definition) is 1. The predicted molar refractivity (Wildman–Crippen MR) is 128 cm³/mol. The molecule has 3 heterocycles. The van der Waals surface area contributed by atoms with Crippen LogP contribution in [0.2, 0.25) is 9.36 Å². The molecule has 0 atom stereocenters. The Labute approximate surface area is 196 Å². The van der Waals surface area contributed by atoms with E-state index in [0.717, 1.165) is 22.2 Å². The van der Waals surface area contributed by atoms with Gasteiger partial charge in [0.05, 0.1) is 15.0 Å². The summed E-state index contributed by atoms with van der Waals surface area (Å²) < 4.78 is 2.55. The number of ketones is 1. The lowest BCUT2D eigenvalue weighted by Crippen LogP contribution is -2.03. The monoisotopic (exact) mass is 484 g/mol. The minimum Gasteiger partial charge on any atom is -0.360 e. The van der Waals surface area contributed by atoms with E-state index in [1.807, 2.05) is 59.3 Å². The lowest BCUT2D eigenvalue weighted by Gasteiger charge is -2.10. The molecule has 5 nitrogen and oxygen atoms in total. The number of rotatable bonds is 6. The Morgan fingerprint density at radius 3 is 2.61 bits per heavy atom. The van der Waals surface area contributed by atoms with Crippen LogP contribution in [-0.2, 0) is 0 Å². The van der Waals surface area contributed by atoms with Gasteiger partial charge in [-0.25, -0.2) is 0 Å². The van der Waals surface area contributed by atoms with E-state index in [0.29, 0.717) is 25.2 Å². The number of carbonyl (C=O) groups excluding carboxylic acids is 1. The Balaban J connectivity index is 1.55. The fourth-order valence-corrected chi connectivity index (χ4v) is 5.32. The van der Waals surface area contributed by atoms with Crippen LogP contribution in [0.25, 0.3) is 28.0 Å². The Morgan fingerprint density at radius 2 is 1.84 bits per heavy atom. The van der Waals surface area contributed by atoms with E-state index >= 15 is 0 Å². The molecular formula is C22H14Cl2N4OS2. The van der Waals surface area contributed by atoms with Crippen molar-refractivity contribution >= 4 is 63.0 Å². The van der Waals surface area contributed by atoms with Crippen LogP contribution in [0.3, 0.4) is 0 Å². The second kappa shape index (κ2) is 8.51. The van der Waals surface area contributed by atoms with E-state index in [1.165, 1.54) is 23.1 Å². The van der Waals surface area contributed by atoms with Crippen LogP contribution in [0, 0.1) is 0 Å². The van der Waals surface area contributed by atoms with Gasteiger partial charge in [-0.1, -0.05) is 53.2 Å². The number of para-hydroxylation sites is 1. The molecule has 0 bridgehead atoms. The molecule has 0 unspecified atom stereocenters. The SMILES string of the molecule is O=C(CSc1nnc(-c2c[nH]c3ccccc23)n1-c1ccc(Cl)cc1)c1ccc(Cl)s1. The van der Waals surface area contributed by atoms with Gasteiger partial charge in [0.15, 0.2) is 16.8 Å². The number of nitrogens with zero attached hydrogens (tertiary/aromatic N) is 3. The highest BCUT2D eigenvalue weighted by molar-refractivity contribution is 7.99. The Morgan fingerprint density at radius 1 is 1.03 bits per heavy atom. The third-order valence-corrected chi connectivity index (χ3v) is 7.18. The van der Waals surface area contributed by atoms with Crippen LogP contribution < -0.4 is 0 Å². The van der Waals surface area contributed by atoms with Crippen molar-refractivity contribution in [3.8, 4) is 17.1 Å². The highest BCUT2D eigenvalue weighted by Crippen LogP contribution is 2.33. The molecule has 0 saturated heterocycles. The number of halogens is 2. The molecule has 31 heavy (non-hydrogen) atoms. The molecule has 0 aliphatic carbocycles. The number of benzene rings is 2. The largest absolute Gasteiger partial charge is 0.360 e. The number of hydrogen-bond acceptors (Lipinski definition) is 5. The third kappa shape index (κ3) is 4.02. The molecule has 0 fully saturated rings. The summed E-state index contributed by atoms with van der Waals surface area (Å²) in [5.74, 6) is 0.922. The number of carbonyl (C=O) groups is 1. The van der Waals surface area contributed by atoms with Crippen LogP contribution in [0.15, 0.2) is 72.0 Å². The number of H-pyrrole nitrogens is 1. The molecule has 0 spiro atoms. The van der Waals surface area contributed by atoms with Gasteiger partial charge in [0.1, 0.15) is 0 Å². The zero-order valence-corrected chi connectivity index (χ0v) is 19.0. The number of thiophene rings is 1. The van der Waals surface area contributed by atoms with Crippen molar-refractivity contribution in [1.29, 1.82) is 0 Å². The standard InChI is InChI=1S/C22H14Cl2N4OS2/c23-13-5-7-14(8-6-13)28-21(16-11-25-17-4-2-1-3-15(16)17)26-27-22(28)30-12-18(29)19-9-10-20(24)31-19/h1-11,25H,12H2. The number of fused-ring (bicyclic) bond motifs is 1. The Kier molecular flexibility index (Phi) is 5.58. The summed E-state index contributed by atoms with van der Waals surface area (Å²) in [5, 5.41) is 11.2. The average Bonchev–Trinajstić information content (AvgIpc) is 3.50. The van der Waals surface area contributed by atoms with Gasteiger partial charge in [-0.15, -0.1) is 21.5 Å². The van der Waals surface area contributed by atoms with Gasteiger partial charge in [-0.3, -0.25) is 9.36 Å². The van der Waals surface area contributed by atoms with Gasteiger partial charge in [0.25, 0.3) is 0 Å². The van der Waals surface area contributed by atoms with E-state index in [4.69, 9.17) is 23.2 Å². The van der Waals surface area contributed by atoms with Crippen LogP contribution in [0.4, 0.5) is 0 Å². The minimum atomic E-state index is 0.00111. The maximum Gasteiger partial charge on any atom is 0.196 e. The van der Waals surface area contributed by atoms with Crippen molar-refractivity contribution in [1.82, 2.24) is 19.7 Å². The summed E-state index contributed by atoms with van der Waals surface area (Å²) in [6.07, 6.45) is 1.92. The number of Topliss-reactive ketones (excluding diaryl/α,β-unsaturated/α-hetero) is 1. The van der Waals surface area contributed by atoms with Gasteiger partial charge < -0.3 is 4.98 Å². The lowest BCUT2D eigenvalue weighted by molar-refractivity contribution is 0.102. The topological polar surface area (TPSA) is 63.6 Å². The van der Waals surface area contributed by atoms with Crippen molar-refractivity contribution in [3.63, 3.8) is 0 Å². The first-order valence-electron chi connectivity index (χ1n) is 9.29. The average molecular weight is 485 g/mol. The fraction of sp³-hybridized carbons (Fsp3) is 0.0455. The van der Waals surface area contributed by atoms with Gasteiger partial charge in [0, 0.05) is 33.4 Å². The molecule has 9 heteroatoms. The first kappa shape index (κ1) is 20.3. The van der Waals surface area contributed by atoms with Crippen molar-refractivity contribution in [2.45, 2.75) is 5.16 Å². The highest BCUT2D eigenvalue weighted by Gasteiger charge is 2.20. The molecule has 2 aromatic carbocycles. The van der Waals surface area contributed by atoms with Gasteiger partial charge in [-0.05, 0) is 42.5 Å². The van der Waals surface area contributed by atoms with Crippen molar-refractivity contribution < 1.29 is 4.79 Å². The summed E-state index contributed by atoms with van der Waals surface area (Å²) in [4.78, 5) is 16.5. The van der Waals surface area contributed by atoms with Crippen molar-refractivity contribution in [2.75, 3.05) is 5.75 Å². The van der Waals surface area contributed by atoms with Crippen LogP contribution in [0.1, 0.15) is 9.67 Å². The molecule has 0 radical (unpaired) electrons. The zero-order chi connectivity index (χ0) is 21.4. The number of nitrogens with one attached hydrogen (secondary N) is 1. The second-order valence-electron chi connectivity index (χ2n) is 6.68. The number of aromatic nitrogens is 4. The fourth-order valence-electron chi connectivity index (χ4n) is 3.28. The minimum absolute atomic E-state index is 0.00111. The zero-order valence-electron chi connectivity index (χ0n) is 15.9. The summed E-state index contributed by atoms with van der Waals surface area (Å²) in [6, 6.07) is 19.0. The van der Waals surface area contributed by atoms with E-state index < -0.39 is 0 Å². The van der Waals surface area contributed by atoms with E-state index in [2.05, 4.69) is 15.2 Å². The first-order chi connectivity index (χ1) is 15.1. The maximum atomic E-state index is 12.6. The van der Waals surface area contributed by atoms with Gasteiger partial charge in [0.2, 0.25) is 0 Å². The van der Waals surface area contributed by atoms with Crippen LogP contribution >= 0.6 is 46.3 Å². The lowest BCUT2D eigenvalue weighted by atomic mass is 10.1. The van der Waals surface area contributed by atoms with Gasteiger partial charge >= 0.3 is 0 Å². The number of thioether (sulfide) groups is 1. The normalized spacial score (nSPS) is 11.3. The van der Waals surface area contributed by atoms with E-state index in [-0.39, 0.29) is 11.5 Å². The summed E-state index contributed by atoms with van der Waals surface area (Å²) in [5.41, 5.74) is 2.81. The molecule has 5 rings (SSSR count). The van der Waals surface area contributed by atoms with Crippen LogP contribution in [0.5, 0.6) is 0 Å². The predicted octanol–water partition coefficient (Wildman–Crippen LogP) is 6.76. The molecular weight excluding hydrogens is 471 g/mol. The molecule has 5 aromatic rings. The first-order valence-corrected chi connectivity index (χ1v) is 11.8.